The smallest absolute Gasteiger partial charge is 0.0795 e. The molecule has 1 saturated heterocycles. The lowest BCUT2D eigenvalue weighted by molar-refractivity contribution is 0.0791. The van der Waals surface area contributed by atoms with E-state index in [4.69, 9.17) is 0 Å². The van der Waals surface area contributed by atoms with Crippen LogP contribution in [0.5, 0.6) is 0 Å². The second-order valence-electron chi connectivity index (χ2n) is 5.86. The molecule has 0 atom stereocenters. The quantitative estimate of drug-likeness (QED) is 0.859. The van der Waals surface area contributed by atoms with Gasteiger partial charge in [-0.1, -0.05) is 24.3 Å². The van der Waals surface area contributed by atoms with Gasteiger partial charge in [-0.3, -0.25) is 4.90 Å². The number of aliphatic hydroxyl groups excluding tert-OH is 1. The number of rotatable bonds is 6. The number of nitrogens with zero attached hydrogens (tertiary/aromatic N) is 2. The molecule has 1 aliphatic rings. The van der Waals surface area contributed by atoms with Crippen LogP contribution in [0.4, 0.5) is 0 Å². The van der Waals surface area contributed by atoms with Gasteiger partial charge >= 0.3 is 0 Å². The molecule has 1 fully saturated rings. The van der Waals surface area contributed by atoms with Crippen LogP contribution in [0.3, 0.4) is 0 Å². The first-order valence-electron chi connectivity index (χ1n) is 7.86. The Kier molecular flexibility index (Phi) is 5.56. The van der Waals surface area contributed by atoms with Gasteiger partial charge in [-0.15, -0.1) is 11.3 Å². The molecule has 0 bridgehead atoms. The van der Waals surface area contributed by atoms with Gasteiger partial charge in [0.25, 0.3) is 0 Å². The number of hydrogen-bond acceptors (Lipinski definition) is 5. The lowest BCUT2D eigenvalue weighted by Gasteiger charge is -2.30. The van der Waals surface area contributed by atoms with Crippen molar-refractivity contribution in [2.75, 3.05) is 13.1 Å². The van der Waals surface area contributed by atoms with E-state index in [2.05, 4.69) is 44.8 Å². The molecule has 3 rings (SSSR count). The highest BCUT2D eigenvalue weighted by Gasteiger charge is 2.17. The third kappa shape index (κ3) is 4.36. The van der Waals surface area contributed by atoms with Gasteiger partial charge in [-0.2, -0.15) is 0 Å². The Bertz CT molecular complexity index is 565. The summed E-state index contributed by atoms with van der Waals surface area (Å²) in [4.78, 5) is 6.73. The van der Waals surface area contributed by atoms with E-state index in [-0.39, 0.29) is 6.10 Å². The number of piperidine rings is 1. The molecule has 2 heterocycles. The zero-order chi connectivity index (χ0) is 15.2. The monoisotopic (exact) mass is 317 g/mol. The molecule has 5 heteroatoms. The standard InChI is InChI=1S/C17H23N3OS/c21-17-5-7-20(8-6-17)11-15-4-2-1-3-14(15)9-18-10-16-12-22-13-19-16/h1-4,12-13,17-18,21H,5-11H2. The van der Waals surface area contributed by atoms with Crippen LogP contribution in [0.25, 0.3) is 0 Å². The molecule has 1 aliphatic heterocycles. The van der Waals surface area contributed by atoms with E-state index in [0.29, 0.717) is 0 Å². The van der Waals surface area contributed by atoms with Crippen molar-refractivity contribution in [1.82, 2.24) is 15.2 Å². The van der Waals surface area contributed by atoms with Crippen LogP contribution in [0.2, 0.25) is 0 Å². The Labute approximate surface area is 135 Å². The third-order valence-corrected chi connectivity index (χ3v) is 4.81. The molecule has 0 unspecified atom stereocenters. The SMILES string of the molecule is OC1CCN(Cc2ccccc2CNCc2cscn2)CC1. The lowest BCUT2D eigenvalue weighted by Crippen LogP contribution is -2.35. The normalized spacial score (nSPS) is 17.0. The maximum atomic E-state index is 9.61. The zero-order valence-electron chi connectivity index (χ0n) is 12.7. The topological polar surface area (TPSA) is 48.4 Å². The predicted molar refractivity (Wildman–Crippen MR) is 89.6 cm³/mol. The molecule has 0 spiro atoms. The van der Waals surface area contributed by atoms with E-state index < -0.39 is 0 Å². The van der Waals surface area contributed by atoms with Crippen molar-refractivity contribution in [3.05, 3.63) is 52.0 Å². The van der Waals surface area contributed by atoms with Crippen molar-refractivity contribution in [2.24, 2.45) is 0 Å². The number of hydrogen-bond donors (Lipinski definition) is 2. The van der Waals surface area contributed by atoms with Gasteiger partial charge in [0.2, 0.25) is 0 Å². The van der Waals surface area contributed by atoms with Gasteiger partial charge in [-0.25, -0.2) is 4.98 Å². The fourth-order valence-electron chi connectivity index (χ4n) is 2.85. The lowest BCUT2D eigenvalue weighted by atomic mass is 10.0. The minimum absolute atomic E-state index is 0.105. The van der Waals surface area contributed by atoms with E-state index in [1.807, 2.05) is 5.51 Å². The summed E-state index contributed by atoms with van der Waals surface area (Å²) < 4.78 is 0. The molecule has 22 heavy (non-hydrogen) atoms. The average Bonchev–Trinajstić information content (AvgIpc) is 3.05. The van der Waals surface area contributed by atoms with Crippen molar-refractivity contribution in [3.63, 3.8) is 0 Å². The molecule has 1 aromatic carbocycles. The minimum atomic E-state index is -0.105. The summed E-state index contributed by atoms with van der Waals surface area (Å²) in [5.41, 5.74) is 5.71. The number of nitrogens with one attached hydrogen (secondary N) is 1. The van der Waals surface area contributed by atoms with E-state index in [1.165, 1.54) is 11.1 Å². The molecule has 4 nitrogen and oxygen atoms in total. The largest absolute Gasteiger partial charge is 0.393 e. The van der Waals surface area contributed by atoms with Crippen molar-refractivity contribution in [1.29, 1.82) is 0 Å². The molecule has 2 aromatic rings. The molecule has 0 saturated carbocycles. The molecule has 0 amide bonds. The number of benzene rings is 1. The highest BCUT2D eigenvalue weighted by atomic mass is 32.1. The predicted octanol–water partition coefficient (Wildman–Crippen LogP) is 2.39. The Morgan fingerprint density at radius 2 is 1.95 bits per heavy atom. The fraction of sp³-hybridized carbons (Fsp3) is 0.471. The number of aliphatic hydroxyl groups is 1. The van der Waals surface area contributed by atoms with Gasteiger partial charge in [-0.05, 0) is 24.0 Å². The summed E-state index contributed by atoms with van der Waals surface area (Å²) in [5, 5.41) is 15.2. The fourth-order valence-corrected chi connectivity index (χ4v) is 3.41. The van der Waals surface area contributed by atoms with Crippen LogP contribution in [0.15, 0.2) is 35.2 Å². The van der Waals surface area contributed by atoms with E-state index in [0.717, 1.165) is 51.3 Å². The van der Waals surface area contributed by atoms with E-state index in [1.54, 1.807) is 11.3 Å². The van der Waals surface area contributed by atoms with E-state index >= 15 is 0 Å². The van der Waals surface area contributed by atoms with Crippen LogP contribution >= 0.6 is 11.3 Å². The van der Waals surface area contributed by atoms with Crippen LogP contribution in [0, 0.1) is 0 Å². The minimum Gasteiger partial charge on any atom is -0.393 e. The Hall–Kier alpha value is -1.27. The van der Waals surface area contributed by atoms with Crippen molar-refractivity contribution < 1.29 is 5.11 Å². The van der Waals surface area contributed by atoms with Gasteiger partial charge in [0, 0.05) is 38.1 Å². The zero-order valence-corrected chi connectivity index (χ0v) is 13.6. The molecular formula is C17H23N3OS. The van der Waals surface area contributed by atoms with Gasteiger partial charge in [0.1, 0.15) is 0 Å². The molecule has 0 radical (unpaired) electrons. The van der Waals surface area contributed by atoms with Crippen molar-refractivity contribution in [3.8, 4) is 0 Å². The average molecular weight is 317 g/mol. The summed E-state index contributed by atoms with van der Waals surface area (Å²) in [7, 11) is 0. The van der Waals surface area contributed by atoms with Crippen LogP contribution in [-0.4, -0.2) is 34.2 Å². The van der Waals surface area contributed by atoms with Crippen LogP contribution in [0.1, 0.15) is 29.7 Å². The maximum Gasteiger partial charge on any atom is 0.0795 e. The third-order valence-electron chi connectivity index (χ3n) is 4.17. The summed E-state index contributed by atoms with van der Waals surface area (Å²) >= 11 is 1.63. The summed E-state index contributed by atoms with van der Waals surface area (Å²) in [6.07, 6.45) is 1.68. The Morgan fingerprint density at radius 1 is 1.18 bits per heavy atom. The number of likely N-dealkylation sites (tertiary alicyclic amines) is 1. The van der Waals surface area contributed by atoms with Crippen LogP contribution in [-0.2, 0) is 19.6 Å². The molecule has 0 aliphatic carbocycles. The first kappa shape index (κ1) is 15.6. The van der Waals surface area contributed by atoms with E-state index in [9.17, 15) is 5.11 Å². The Balaban J connectivity index is 1.55. The number of thiazole rings is 1. The molecule has 118 valence electrons. The number of aromatic nitrogens is 1. The second kappa shape index (κ2) is 7.83. The Morgan fingerprint density at radius 3 is 2.68 bits per heavy atom. The first-order chi connectivity index (χ1) is 10.8. The summed E-state index contributed by atoms with van der Waals surface area (Å²) in [5.74, 6) is 0. The van der Waals surface area contributed by atoms with Gasteiger partial charge in [0.05, 0.1) is 17.3 Å². The van der Waals surface area contributed by atoms with Crippen LogP contribution < -0.4 is 5.32 Å². The maximum absolute atomic E-state index is 9.61. The van der Waals surface area contributed by atoms with Gasteiger partial charge < -0.3 is 10.4 Å². The highest BCUT2D eigenvalue weighted by Crippen LogP contribution is 2.16. The molecule has 2 N–H and O–H groups in total. The molecular weight excluding hydrogens is 294 g/mol. The van der Waals surface area contributed by atoms with Gasteiger partial charge in [0.15, 0.2) is 0 Å². The highest BCUT2D eigenvalue weighted by molar-refractivity contribution is 7.07. The summed E-state index contributed by atoms with van der Waals surface area (Å²) in [6.45, 7) is 4.63. The first-order valence-corrected chi connectivity index (χ1v) is 8.80. The molecule has 1 aromatic heterocycles. The van der Waals surface area contributed by atoms with Crippen molar-refractivity contribution in [2.45, 2.75) is 38.6 Å². The van der Waals surface area contributed by atoms with Crippen molar-refractivity contribution >= 4 is 11.3 Å². The second-order valence-corrected chi connectivity index (χ2v) is 6.58. The summed E-state index contributed by atoms with van der Waals surface area (Å²) in [6, 6.07) is 8.62.